The Labute approximate surface area is 142 Å². The molecule has 1 aromatic heterocycles. The van der Waals surface area contributed by atoms with E-state index in [4.69, 9.17) is 4.74 Å². The molecule has 7 heteroatoms. The molecule has 0 radical (unpaired) electrons. The Kier molecular flexibility index (Phi) is 4.35. The van der Waals surface area contributed by atoms with Gasteiger partial charge in [0.2, 0.25) is 0 Å². The lowest BCUT2D eigenvalue weighted by Crippen LogP contribution is -2.03. The molecule has 1 N–H and O–H groups in total. The summed E-state index contributed by atoms with van der Waals surface area (Å²) in [6, 6.07) is 12.8. The lowest BCUT2D eigenvalue weighted by Gasteiger charge is -2.07. The highest BCUT2D eigenvalue weighted by Gasteiger charge is 2.20. The number of allylic oxidation sites excluding steroid dienone is 1. The van der Waals surface area contributed by atoms with Crippen LogP contribution >= 0.6 is 0 Å². The number of methoxy groups -OCH3 is 1. The number of halogens is 2. The van der Waals surface area contributed by atoms with Crippen molar-refractivity contribution in [2.24, 2.45) is 0 Å². The summed E-state index contributed by atoms with van der Waals surface area (Å²) in [7, 11) is 1.41. The summed E-state index contributed by atoms with van der Waals surface area (Å²) in [6.07, 6.45) is 1.39. The van der Waals surface area contributed by atoms with Crippen LogP contribution in [0.4, 0.5) is 8.78 Å². The maximum atomic E-state index is 13.5. The first-order chi connectivity index (χ1) is 12.0. The van der Waals surface area contributed by atoms with E-state index in [-0.39, 0.29) is 28.4 Å². The van der Waals surface area contributed by atoms with E-state index in [2.05, 4.69) is 4.98 Å². The molecule has 0 saturated heterocycles. The Morgan fingerprint density at radius 2 is 2.08 bits per heavy atom. The molecule has 0 aliphatic heterocycles. The number of alkyl halides is 2. The van der Waals surface area contributed by atoms with Gasteiger partial charge in [0, 0.05) is 0 Å². The second-order valence-electron chi connectivity index (χ2n) is 5.17. The molecule has 126 valence electrons. The zero-order valence-electron chi connectivity index (χ0n) is 13.1. The van der Waals surface area contributed by atoms with Gasteiger partial charge >= 0.3 is 6.55 Å². The van der Waals surface area contributed by atoms with E-state index < -0.39 is 6.55 Å². The summed E-state index contributed by atoms with van der Waals surface area (Å²) in [5, 5.41) is 19.3. The molecule has 1 heterocycles. The second-order valence-corrected chi connectivity index (χ2v) is 5.17. The topological polar surface area (TPSA) is 71.1 Å². The molecule has 0 bridgehead atoms. The maximum absolute atomic E-state index is 13.5. The fraction of sp³-hybridized carbons (Fsp3) is 0.111. The first kappa shape index (κ1) is 16.5. The Hall–Kier alpha value is -3.40. The molecule has 5 nitrogen and oxygen atoms in total. The number of aromatic nitrogens is 2. The lowest BCUT2D eigenvalue weighted by molar-refractivity contribution is 0.0738. The van der Waals surface area contributed by atoms with Crippen molar-refractivity contribution in [2.75, 3.05) is 7.11 Å². The number of aromatic hydroxyl groups is 1. The van der Waals surface area contributed by atoms with E-state index in [0.717, 1.165) is 0 Å². The molecule has 0 unspecified atom stereocenters. The van der Waals surface area contributed by atoms with E-state index >= 15 is 0 Å². The number of para-hydroxylation sites is 2. The van der Waals surface area contributed by atoms with Gasteiger partial charge in [-0.2, -0.15) is 14.0 Å². The molecule has 0 spiro atoms. The summed E-state index contributed by atoms with van der Waals surface area (Å²) in [6.45, 7) is -2.84. The molecule has 0 fully saturated rings. The standard InChI is InChI=1S/C18H13F2N3O2/c1-25-16-7-6-11(9-15(16)24)8-12(10-21)17-22-13-4-2-3-5-14(13)23(17)18(19)20/h2-9,18,24H,1H3/b12-8+. The first-order valence-corrected chi connectivity index (χ1v) is 7.29. The summed E-state index contributed by atoms with van der Waals surface area (Å²) in [5.74, 6) is 0.0281. The Balaban J connectivity index is 2.16. The predicted octanol–water partition coefficient (Wildman–Crippen LogP) is 4.21. The molecule has 0 amide bonds. The lowest BCUT2D eigenvalue weighted by atomic mass is 10.1. The molecule has 3 rings (SSSR count). The maximum Gasteiger partial charge on any atom is 0.320 e. The van der Waals surface area contributed by atoms with Gasteiger partial charge in [-0.1, -0.05) is 18.2 Å². The van der Waals surface area contributed by atoms with E-state index in [9.17, 15) is 19.1 Å². The number of rotatable bonds is 4. The minimum atomic E-state index is -2.84. The summed E-state index contributed by atoms with van der Waals surface area (Å²) in [5.41, 5.74) is 1.03. The van der Waals surface area contributed by atoms with Gasteiger partial charge < -0.3 is 9.84 Å². The van der Waals surface area contributed by atoms with Crippen molar-refractivity contribution in [2.45, 2.75) is 6.55 Å². The zero-order chi connectivity index (χ0) is 18.0. The first-order valence-electron chi connectivity index (χ1n) is 7.29. The highest BCUT2D eigenvalue weighted by molar-refractivity contribution is 5.91. The number of phenols is 1. The summed E-state index contributed by atoms with van der Waals surface area (Å²) in [4.78, 5) is 4.16. The van der Waals surface area contributed by atoms with Crippen LogP contribution < -0.4 is 4.74 Å². The summed E-state index contributed by atoms with van der Waals surface area (Å²) < 4.78 is 32.7. The Morgan fingerprint density at radius 1 is 1.32 bits per heavy atom. The van der Waals surface area contributed by atoms with Crippen LogP contribution in [-0.4, -0.2) is 21.8 Å². The number of imidazole rings is 1. The van der Waals surface area contributed by atoms with E-state index in [0.29, 0.717) is 15.6 Å². The molecule has 0 aliphatic carbocycles. The Bertz CT molecular complexity index is 1000. The van der Waals surface area contributed by atoms with Crippen LogP contribution in [0.25, 0.3) is 22.7 Å². The van der Waals surface area contributed by atoms with E-state index in [1.165, 1.54) is 31.4 Å². The van der Waals surface area contributed by atoms with Gasteiger partial charge in [0.1, 0.15) is 6.07 Å². The number of hydrogen-bond donors (Lipinski definition) is 1. The minimum absolute atomic E-state index is 0.0407. The average molecular weight is 341 g/mol. The molecule has 25 heavy (non-hydrogen) atoms. The average Bonchev–Trinajstić information content (AvgIpc) is 2.99. The fourth-order valence-electron chi connectivity index (χ4n) is 2.54. The molecular formula is C18H13F2N3O2. The second kappa shape index (κ2) is 6.61. The van der Waals surface area contributed by atoms with E-state index in [1.807, 2.05) is 6.07 Å². The number of benzene rings is 2. The van der Waals surface area contributed by atoms with Gasteiger partial charge in [0.25, 0.3) is 0 Å². The number of ether oxygens (including phenoxy) is 1. The van der Waals surface area contributed by atoms with Gasteiger partial charge in [-0.25, -0.2) is 4.98 Å². The van der Waals surface area contributed by atoms with Gasteiger partial charge in [0.05, 0.1) is 23.7 Å². The predicted molar refractivity (Wildman–Crippen MR) is 89.1 cm³/mol. The van der Waals surface area contributed by atoms with Gasteiger partial charge in [0.15, 0.2) is 17.3 Å². The van der Waals surface area contributed by atoms with Crippen LogP contribution in [0.15, 0.2) is 42.5 Å². The van der Waals surface area contributed by atoms with Crippen molar-refractivity contribution in [3.63, 3.8) is 0 Å². The molecule has 2 aromatic carbocycles. The van der Waals surface area contributed by atoms with Crippen LogP contribution in [0.1, 0.15) is 17.9 Å². The van der Waals surface area contributed by atoms with Crippen molar-refractivity contribution in [1.29, 1.82) is 5.26 Å². The number of nitriles is 1. The highest BCUT2D eigenvalue weighted by Crippen LogP contribution is 2.30. The van der Waals surface area contributed by atoms with Crippen LogP contribution in [0.5, 0.6) is 11.5 Å². The van der Waals surface area contributed by atoms with Crippen LogP contribution in [0.3, 0.4) is 0 Å². The smallest absolute Gasteiger partial charge is 0.320 e. The third-order valence-electron chi connectivity index (χ3n) is 3.67. The van der Waals surface area contributed by atoms with Gasteiger partial charge in [-0.05, 0) is 35.9 Å². The normalized spacial score (nSPS) is 11.7. The van der Waals surface area contributed by atoms with Crippen molar-refractivity contribution >= 4 is 22.7 Å². The molecule has 3 aromatic rings. The molecule has 0 saturated carbocycles. The van der Waals surface area contributed by atoms with E-state index in [1.54, 1.807) is 24.3 Å². The van der Waals surface area contributed by atoms with Crippen LogP contribution in [0, 0.1) is 11.3 Å². The monoisotopic (exact) mass is 341 g/mol. The third kappa shape index (κ3) is 3.02. The van der Waals surface area contributed by atoms with Gasteiger partial charge in [-0.15, -0.1) is 0 Å². The number of fused-ring (bicyclic) bond motifs is 1. The summed E-state index contributed by atoms with van der Waals surface area (Å²) >= 11 is 0. The van der Waals surface area contributed by atoms with Crippen molar-refractivity contribution < 1.29 is 18.6 Å². The fourth-order valence-corrected chi connectivity index (χ4v) is 2.54. The van der Waals surface area contributed by atoms with Crippen molar-refractivity contribution in [3.8, 4) is 17.6 Å². The number of nitrogens with zero attached hydrogens (tertiary/aromatic N) is 3. The van der Waals surface area contributed by atoms with Crippen molar-refractivity contribution in [1.82, 2.24) is 9.55 Å². The SMILES string of the molecule is COc1ccc(/C=C(\C#N)c2nc3ccccc3n2C(F)F)cc1O. The van der Waals surface area contributed by atoms with Crippen LogP contribution in [-0.2, 0) is 0 Å². The Morgan fingerprint density at radius 3 is 2.72 bits per heavy atom. The minimum Gasteiger partial charge on any atom is -0.504 e. The number of hydrogen-bond acceptors (Lipinski definition) is 4. The van der Waals surface area contributed by atoms with Crippen LogP contribution in [0.2, 0.25) is 0 Å². The zero-order valence-corrected chi connectivity index (χ0v) is 13.1. The third-order valence-corrected chi connectivity index (χ3v) is 3.67. The molecule has 0 aliphatic rings. The largest absolute Gasteiger partial charge is 0.504 e. The highest BCUT2D eigenvalue weighted by atomic mass is 19.3. The molecular weight excluding hydrogens is 328 g/mol. The van der Waals surface area contributed by atoms with Gasteiger partial charge in [-0.3, -0.25) is 4.57 Å². The molecule has 0 atom stereocenters. The quantitative estimate of drug-likeness (QED) is 0.722. The number of phenolic OH excluding ortho intramolecular Hbond substituents is 1. The van der Waals surface area contributed by atoms with Crippen molar-refractivity contribution in [3.05, 3.63) is 53.9 Å².